The van der Waals surface area contributed by atoms with Crippen LogP contribution < -0.4 is 10.6 Å². The van der Waals surface area contributed by atoms with Gasteiger partial charge in [0.05, 0.1) is 10.3 Å². The standard InChI is InChI=1S/C13H17N3O3/c1-13(6-3-7-14-9-13)12(17)15-10-4-2-5-11(8-10)16(18)19/h2,4-5,8,14H,3,6-7,9H2,1H3,(H,15,17). The second-order valence-corrected chi connectivity index (χ2v) is 5.10. The molecule has 0 bridgehead atoms. The molecule has 2 rings (SSSR count). The van der Waals surface area contributed by atoms with Crippen LogP contribution in [0, 0.1) is 15.5 Å². The third-order valence-electron chi connectivity index (χ3n) is 3.46. The van der Waals surface area contributed by atoms with Gasteiger partial charge < -0.3 is 10.6 Å². The van der Waals surface area contributed by atoms with E-state index in [0.29, 0.717) is 12.2 Å². The quantitative estimate of drug-likeness (QED) is 0.644. The van der Waals surface area contributed by atoms with Gasteiger partial charge in [-0.1, -0.05) is 6.07 Å². The molecular formula is C13H17N3O3. The van der Waals surface area contributed by atoms with E-state index >= 15 is 0 Å². The number of non-ortho nitro benzene ring substituents is 1. The van der Waals surface area contributed by atoms with E-state index < -0.39 is 10.3 Å². The predicted molar refractivity (Wildman–Crippen MR) is 71.9 cm³/mol. The van der Waals surface area contributed by atoms with Crippen molar-refractivity contribution in [3.63, 3.8) is 0 Å². The van der Waals surface area contributed by atoms with E-state index in [1.54, 1.807) is 12.1 Å². The van der Waals surface area contributed by atoms with Gasteiger partial charge in [0.25, 0.3) is 5.69 Å². The molecule has 1 heterocycles. The molecule has 19 heavy (non-hydrogen) atoms. The molecular weight excluding hydrogens is 246 g/mol. The van der Waals surface area contributed by atoms with Crippen LogP contribution in [-0.2, 0) is 4.79 Å². The lowest BCUT2D eigenvalue weighted by Gasteiger charge is -2.32. The first-order valence-corrected chi connectivity index (χ1v) is 6.28. The van der Waals surface area contributed by atoms with Crippen molar-refractivity contribution < 1.29 is 9.72 Å². The average Bonchev–Trinajstić information content (AvgIpc) is 2.40. The Bertz CT molecular complexity index is 496. The molecule has 6 nitrogen and oxygen atoms in total. The molecule has 0 aromatic heterocycles. The first-order valence-electron chi connectivity index (χ1n) is 6.28. The van der Waals surface area contributed by atoms with Crippen LogP contribution in [0.3, 0.4) is 0 Å². The molecule has 1 aliphatic rings. The van der Waals surface area contributed by atoms with Gasteiger partial charge in [-0.05, 0) is 32.4 Å². The lowest BCUT2D eigenvalue weighted by atomic mass is 9.82. The molecule has 102 valence electrons. The van der Waals surface area contributed by atoms with Crippen molar-refractivity contribution >= 4 is 17.3 Å². The van der Waals surface area contributed by atoms with E-state index in [1.807, 2.05) is 6.92 Å². The number of anilines is 1. The van der Waals surface area contributed by atoms with Crippen LogP contribution in [0.25, 0.3) is 0 Å². The van der Waals surface area contributed by atoms with Crippen LogP contribution in [0.4, 0.5) is 11.4 Å². The largest absolute Gasteiger partial charge is 0.325 e. The molecule has 1 fully saturated rings. The molecule has 1 aromatic rings. The van der Waals surface area contributed by atoms with E-state index in [4.69, 9.17) is 0 Å². The van der Waals surface area contributed by atoms with Crippen LogP contribution in [0.5, 0.6) is 0 Å². The number of amides is 1. The number of nitrogens with one attached hydrogen (secondary N) is 2. The zero-order chi connectivity index (χ0) is 13.9. The normalized spacial score (nSPS) is 22.8. The Morgan fingerprint density at radius 2 is 2.32 bits per heavy atom. The summed E-state index contributed by atoms with van der Waals surface area (Å²) in [5, 5.41) is 16.7. The lowest BCUT2D eigenvalue weighted by Crippen LogP contribution is -2.46. The van der Waals surface area contributed by atoms with Gasteiger partial charge in [-0.3, -0.25) is 14.9 Å². The fourth-order valence-corrected chi connectivity index (χ4v) is 2.23. The van der Waals surface area contributed by atoms with E-state index in [0.717, 1.165) is 19.4 Å². The number of benzene rings is 1. The van der Waals surface area contributed by atoms with E-state index in [9.17, 15) is 14.9 Å². The van der Waals surface area contributed by atoms with Crippen molar-refractivity contribution in [1.29, 1.82) is 0 Å². The smallest absolute Gasteiger partial charge is 0.271 e. The van der Waals surface area contributed by atoms with Gasteiger partial charge in [0.1, 0.15) is 0 Å². The topological polar surface area (TPSA) is 84.3 Å². The van der Waals surface area contributed by atoms with E-state index in [-0.39, 0.29) is 11.6 Å². The highest BCUT2D eigenvalue weighted by molar-refractivity contribution is 5.95. The Kier molecular flexibility index (Phi) is 3.80. The molecule has 2 N–H and O–H groups in total. The molecule has 6 heteroatoms. The van der Waals surface area contributed by atoms with Crippen molar-refractivity contribution in [3.05, 3.63) is 34.4 Å². The summed E-state index contributed by atoms with van der Waals surface area (Å²) in [5.74, 6) is -0.0970. The van der Waals surface area contributed by atoms with Crippen LogP contribution in [-0.4, -0.2) is 23.9 Å². The number of piperidine rings is 1. The Morgan fingerprint density at radius 3 is 2.95 bits per heavy atom. The summed E-state index contributed by atoms with van der Waals surface area (Å²) >= 11 is 0. The summed E-state index contributed by atoms with van der Waals surface area (Å²) in [5.41, 5.74) is -0.0150. The molecule has 1 aromatic carbocycles. The molecule has 0 spiro atoms. The van der Waals surface area contributed by atoms with Crippen molar-refractivity contribution in [1.82, 2.24) is 5.32 Å². The minimum absolute atomic E-state index is 0.0234. The van der Waals surface area contributed by atoms with Crippen LogP contribution in [0.2, 0.25) is 0 Å². The summed E-state index contributed by atoms with van der Waals surface area (Å²) in [7, 11) is 0. The number of nitro benzene ring substituents is 1. The van der Waals surface area contributed by atoms with Crippen LogP contribution >= 0.6 is 0 Å². The maximum absolute atomic E-state index is 12.2. The van der Waals surface area contributed by atoms with Gasteiger partial charge in [0.2, 0.25) is 5.91 Å². The van der Waals surface area contributed by atoms with Gasteiger partial charge in [-0.25, -0.2) is 0 Å². The Labute approximate surface area is 111 Å². The third kappa shape index (κ3) is 3.08. The monoisotopic (exact) mass is 263 g/mol. The number of nitrogens with zero attached hydrogens (tertiary/aromatic N) is 1. The van der Waals surface area contributed by atoms with Crippen molar-refractivity contribution in [2.75, 3.05) is 18.4 Å². The number of carbonyl (C=O) groups excluding carboxylic acids is 1. The van der Waals surface area contributed by atoms with E-state index in [2.05, 4.69) is 10.6 Å². The second-order valence-electron chi connectivity index (χ2n) is 5.10. The minimum Gasteiger partial charge on any atom is -0.325 e. The average molecular weight is 263 g/mol. The molecule has 0 saturated carbocycles. The SMILES string of the molecule is CC1(C(=O)Nc2cccc([N+](=O)[O-])c2)CCCNC1. The summed E-state index contributed by atoms with van der Waals surface area (Å²) in [6, 6.07) is 6.00. The van der Waals surface area contributed by atoms with Gasteiger partial charge in [0.15, 0.2) is 0 Å². The summed E-state index contributed by atoms with van der Waals surface area (Å²) < 4.78 is 0. The molecule has 1 aliphatic heterocycles. The number of nitro groups is 1. The zero-order valence-corrected chi connectivity index (χ0v) is 10.8. The van der Waals surface area contributed by atoms with Gasteiger partial charge >= 0.3 is 0 Å². The van der Waals surface area contributed by atoms with Gasteiger partial charge in [-0.15, -0.1) is 0 Å². The molecule has 1 amide bonds. The number of carbonyl (C=O) groups is 1. The third-order valence-corrected chi connectivity index (χ3v) is 3.46. The van der Waals surface area contributed by atoms with Crippen molar-refractivity contribution in [2.24, 2.45) is 5.41 Å². The second kappa shape index (κ2) is 5.36. The van der Waals surface area contributed by atoms with Gasteiger partial charge in [-0.2, -0.15) is 0 Å². The molecule has 1 saturated heterocycles. The Morgan fingerprint density at radius 1 is 1.53 bits per heavy atom. The fraction of sp³-hybridized carbons (Fsp3) is 0.462. The zero-order valence-electron chi connectivity index (χ0n) is 10.8. The number of hydrogen-bond donors (Lipinski definition) is 2. The highest BCUT2D eigenvalue weighted by atomic mass is 16.6. The molecule has 0 radical (unpaired) electrons. The highest BCUT2D eigenvalue weighted by Gasteiger charge is 2.34. The number of rotatable bonds is 3. The van der Waals surface area contributed by atoms with Crippen molar-refractivity contribution in [2.45, 2.75) is 19.8 Å². The maximum Gasteiger partial charge on any atom is 0.271 e. The van der Waals surface area contributed by atoms with E-state index in [1.165, 1.54) is 12.1 Å². The summed E-state index contributed by atoms with van der Waals surface area (Å²) in [6.45, 7) is 3.47. The molecule has 1 unspecified atom stereocenters. The molecule has 1 atom stereocenters. The first-order chi connectivity index (χ1) is 9.01. The Balaban J connectivity index is 2.10. The van der Waals surface area contributed by atoms with Crippen LogP contribution in [0.15, 0.2) is 24.3 Å². The fourth-order valence-electron chi connectivity index (χ4n) is 2.23. The number of hydrogen-bond acceptors (Lipinski definition) is 4. The predicted octanol–water partition coefficient (Wildman–Crippen LogP) is 1.92. The lowest BCUT2D eigenvalue weighted by molar-refractivity contribution is -0.384. The highest BCUT2D eigenvalue weighted by Crippen LogP contribution is 2.27. The minimum atomic E-state index is -0.473. The van der Waals surface area contributed by atoms with Crippen molar-refractivity contribution in [3.8, 4) is 0 Å². The summed E-state index contributed by atoms with van der Waals surface area (Å²) in [6.07, 6.45) is 1.78. The Hall–Kier alpha value is -1.95. The summed E-state index contributed by atoms with van der Waals surface area (Å²) in [4.78, 5) is 22.5. The van der Waals surface area contributed by atoms with Crippen LogP contribution in [0.1, 0.15) is 19.8 Å². The van der Waals surface area contributed by atoms with Gasteiger partial charge in [0, 0.05) is 24.4 Å². The maximum atomic E-state index is 12.2. The first kappa shape index (κ1) is 13.5. The molecule has 0 aliphatic carbocycles.